The fourth-order valence-electron chi connectivity index (χ4n) is 3.96. The normalized spacial score (nSPS) is 18.0. The van der Waals surface area contributed by atoms with E-state index in [9.17, 15) is 15.0 Å². The molecule has 0 aromatic heterocycles. The Labute approximate surface area is 239 Å². The molecular formula is C20H4Br4Cl4O5. The van der Waals surface area contributed by atoms with Crippen molar-refractivity contribution in [2.24, 2.45) is 0 Å². The molecule has 3 aromatic rings. The summed E-state index contributed by atoms with van der Waals surface area (Å²) in [5.74, 6) is -0.897. The van der Waals surface area contributed by atoms with Gasteiger partial charge in [-0.15, -0.1) is 0 Å². The van der Waals surface area contributed by atoms with Crippen molar-refractivity contribution in [1.82, 2.24) is 0 Å². The van der Waals surface area contributed by atoms with E-state index in [4.69, 9.17) is 55.9 Å². The Balaban J connectivity index is 2.07. The lowest BCUT2D eigenvalue weighted by atomic mass is 9.77. The average molecular weight is 786 g/mol. The zero-order valence-electron chi connectivity index (χ0n) is 15.3. The molecule has 2 aliphatic rings. The summed E-state index contributed by atoms with van der Waals surface area (Å²) in [5, 5.41) is 20.6. The molecule has 2 heterocycles. The monoisotopic (exact) mass is 780 g/mol. The van der Waals surface area contributed by atoms with Gasteiger partial charge in [-0.05, 0) is 75.9 Å². The number of carbonyl (C=O) groups is 1. The second kappa shape index (κ2) is 8.06. The molecule has 5 nitrogen and oxygen atoms in total. The molecule has 0 bridgehead atoms. The predicted octanol–water partition coefficient (Wildman–Crippen LogP) is 9.33. The van der Waals surface area contributed by atoms with Gasteiger partial charge in [-0.2, -0.15) is 0 Å². The second-order valence-corrected chi connectivity index (χ2v) is 11.6. The van der Waals surface area contributed by atoms with Gasteiger partial charge in [0.2, 0.25) is 0 Å². The number of hydrogen-bond donors (Lipinski definition) is 2. The van der Waals surface area contributed by atoms with Gasteiger partial charge in [0, 0.05) is 15.6 Å². The summed E-state index contributed by atoms with van der Waals surface area (Å²) in [7, 11) is 0. The van der Waals surface area contributed by atoms with E-state index >= 15 is 0 Å². The smallest absolute Gasteiger partial charge is 0.341 e. The number of fused-ring (bicyclic) bond motifs is 6. The largest absolute Gasteiger partial charge is 0.507 e. The number of carbonyl (C=O) groups excluding carboxylic acids is 1. The van der Waals surface area contributed by atoms with Crippen LogP contribution in [-0.4, -0.2) is 16.2 Å². The summed E-state index contributed by atoms with van der Waals surface area (Å²) in [6.07, 6.45) is 0. The second-order valence-electron chi connectivity index (χ2n) is 6.95. The standard InChI is InChI=1S/C20H4Br4Cl4O5/c21-8-4(29)2-1-3-17(8)32-18-7(9(22)10(23)16(30)11(18)24)20(3)6-5(19(31)33-20)12(25)14(27)15(28)13(6)26/h1-2,29-30H. The minimum Gasteiger partial charge on any atom is -0.507 e. The number of benzene rings is 3. The topological polar surface area (TPSA) is 76.0 Å². The van der Waals surface area contributed by atoms with Gasteiger partial charge in [0.05, 0.1) is 35.7 Å². The van der Waals surface area contributed by atoms with Crippen molar-refractivity contribution >= 4 is 116 Å². The Bertz CT molecular complexity index is 1460. The molecule has 3 aromatic carbocycles. The van der Waals surface area contributed by atoms with Crippen LogP contribution in [0, 0.1) is 0 Å². The van der Waals surface area contributed by atoms with Crippen molar-refractivity contribution < 1.29 is 24.5 Å². The average Bonchev–Trinajstić information content (AvgIpc) is 3.08. The van der Waals surface area contributed by atoms with Crippen LogP contribution in [0.3, 0.4) is 0 Å². The van der Waals surface area contributed by atoms with Crippen LogP contribution in [0.5, 0.6) is 23.0 Å². The van der Waals surface area contributed by atoms with Gasteiger partial charge in [-0.1, -0.05) is 46.4 Å². The molecule has 2 N–H and O–H groups in total. The maximum atomic E-state index is 13.2. The van der Waals surface area contributed by atoms with Gasteiger partial charge in [-0.3, -0.25) is 0 Å². The molecule has 5 rings (SSSR count). The number of hydrogen-bond acceptors (Lipinski definition) is 5. The molecule has 0 amide bonds. The minimum absolute atomic E-state index is 0.0536. The van der Waals surface area contributed by atoms with Crippen molar-refractivity contribution in [3.05, 3.63) is 72.4 Å². The van der Waals surface area contributed by atoms with Crippen LogP contribution < -0.4 is 4.74 Å². The van der Waals surface area contributed by atoms with Crippen molar-refractivity contribution in [2.75, 3.05) is 0 Å². The quantitative estimate of drug-likeness (QED) is 0.135. The predicted molar refractivity (Wildman–Crippen MR) is 139 cm³/mol. The molecule has 33 heavy (non-hydrogen) atoms. The number of halogens is 8. The molecule has 170 valence electrons. The van der Waals surface area contributed by atoms with Crippen LogP contribution in [0.2, 0.25) is 20.1 Å². The number of rotatable bonds is 0. The molecule has 1 unspecified atom stereocenters. The highest BCUT2D eigenvalue weighted by Crippen LogP contribution is 2.66. The van der Waals surface area contributed by atoms with Crippen LogP contribution in [-0.2, 0) is 10.3 Å². The zero-order chi connectivity index (χ0) is 24.1. The van der Waals surface area contributed by atoms with Gasteiger partial charge >= 0.3 is 5.97 Å². The summed E-state index contributed by atoms with van der Waals surface area (Å²) >= 11 is 39.2. The maximum Gasteiger partial charge on any atom is 0.341 e. The van der Waals surface area contributed by atoms with Crippen LogP contribution in [0.4, 0.5) is 0 Å². The van der Waals surface area contributed by atoms with Gasteiger partial charge in [0.15, 0.2) is 17.1 Å². The van der Waals surface area contributed by atoms with E-state index in [2.05, 4.69) is 63.7 Å². The molecule has 1 spiro atoms. The molecule has 1 atom stereocenters. The van der Waals surface area contributed by atoms with Crippen LogP contribution in [0.15, 0.2) is 30.0 Å². The molecule has 0 aliphatic carbocycles. The molecule has 13 heteroatoms. The maximum absolute atomic E-state index is 13.2. The SMILES string of the molecule is O=C1OC2(c3ccc(O)c(Br)c3Oc3c(Br)c(O)c(Br)c(Br)c32)c2c(Cl)c(Cl)c(Cl)c(Cl)c21. The highest BCUT2D eigenvalue weighted by Gasteiger charge is 2.58. The number of aromatic hydroxyl groups is 2. The summed E-state index contributed by atoms with van der Waals surface area (Å²) in [6.45, 7) is 0. The van der Waals surface area contributed by atoms with E-state index in [1.807, 2.05) is 0 Å². The third-order valence-corrected chi connectivity index (χ3v) is 10.7. The first-order valence-electron chi connectivity index (χ1n) is 8.64. The van der Waals surface area contributed by atoms with Crippen molar-refractivity contribution in [3.63, 3.8) is 0 Å². The fourth-order valence-corrected chi connectivity index (χ4v) is 7.23. The number of phenolic OH excluding ortho intramolecular Hbond substituents is 2. The third-order valence-electron chi connectivity index (χ3n) is 5.34. The van der Waals surface area contributed by atoms with Gasteiger partial charge < -0.3 is 19.7 Å². The van der Waals surface area contributed by atoms with Crippen molar-refractivity contribution in [3.8, 4) is 23.0 Å². The number of phenols is 2. The highest BCUT2D eigenvalue weighted by atomic mass is 79.9. The minimum atomic E-state index is -1.74. The molecular weight excluding hydrogens is 782 g/mol. The van der Waals surface area contributed by atoms with Gasteiger partial charge in [0.1, 0.15) is 20.4 Å². The first-order chi connectivity index (χ1) is 15.4. The molecule has 2 aliphatic heterocycles. The van der Waals surface area contributed by atoms with E-state index < -0.39 is 11.6 Å². The summed E-state index contributed by atoms with van der Waals surface area (Å²) in [6, 6.07) is 2.92. The first-order valence-corrected chi connectivity index (χ1v) is 13.3. The molecule has 0 saturated heterocycles. The highest BCUT2D eigenvalue weighted by molar-refractivity contribution is 9.13. The Morgan fingerprint density at radius 1 is 0.758 bits per heavy atom. The van der Waals surface area contributed by atoms with Gasteiger partial charge in [-0.25, -0.2) is 4.79 Å². The van der Waals surface area contributed by atoms with Crippen LogP contribution in [0.25, 0.3) is 0 Å². The molecule has 0 saturated carbocycles. The number of ether oxygens (including phenoxy) is 2. The van der Waals surface area contributed by atoms with E-state index in [1.54, 1.807) is 0 Å². The summed E-state index contributed by atoms with van der Waals surface area (Å²) in [4.78, 5) is 13.2. The Morgan fingerprint density at radius 3 is 2.06 bits per heavy atom. The fraction of sp³-hybridized carbons (Fsp3) is 0.0500. The van der Waals surface area contributed by atoms with Gasteiger partial charge in [0.25, 0.3) is 0 Å². The Kier molecular flexibility index (Phi) is 5.94. The number of esters is 1. The zero-order valence-corrected chi connectivity index (χ0v) is 24.7. The third kappa shape index (κ3) is 3.03. The van der Waals surface area contributed by atoms with Crippen LogP contribution >= 0.6 is 110 Å². The first kappa shape index (κ1) is 24.3. The Hall–Kier alpha value is -0.390. The van der Waals surface area contributed by atoms with E-state index in [-0.39, 0.29) is 73.2 Å². The lowest BCUT2D eigenvalue weighted by molar-refractivity contribution is 0.0221. The lowest BCUT2D eigenvalue weighted by Crippen LogP contribution is -2.34. The van der Waals surface area contributed by atoms with E-state index in [1.165, 1.54) is 12.1 Å². The van der Waals surface area contributed by atoms with E-state index in [0.717, 1.165) is 0 Å². The summed E-state index contributed by atoms with van der Waals surface area (Å²) < 4.78 is 13.1. The summed E-state index contributed by atoms with van der Waals surface area (Å²) in [5.41, 5.74) is -1.06. The molecule has 0 fully saturated rings. The molecule has 0 radical (unpaired) electrons. The Morgan fingerprint density at radius 2 is 1.39 bits per heavy atom. The van der Waals surface area contributed by atoms with Crippen molar-refractivity contribution in [1.29, 1.82) is 0 Å². The van der Waals surface area contributed by atoms with Crippen molar-refractivity contribution in [2.45, 2.75) is 5.60 Å². The van der Waals surface area contributed by atoms with E-state index in [0.29, 0.717) is 10.0 Å². The lowest BCUT2D eigenvalue weighted by Gasteiger charge is -2.38. The van der Waals surface area contributed by atoms with Crippen LogP contribution in [0.1, 0.15) is 27.0 Å².